The van der Waals surface area contributed by atoms with E-state index in [1.54, 1.807) is 24.3 Å². The molecule has 96 valence electrons. The third kappa shape index (κ3) is 4.19. The first-order valence-electron chi connectivity index (χ1n) is 6.10. The maximum Gasteiger partial charge on any atom is 0.251 e. The van der Waals surface area contributed by atoms with Crippen molar-refractivity contribution in [3.63, 3.8) is 0 Å². The first kappa shape index (κ1) is 14.2. The molecule has 0 spiro atoms. The van der Waals surface area contributed by atoms with E-state index < -0.39 is 0 Å². The fraction of sp³-hybridized carbons (Fsp3) is 0.429. The van der Waals surface area contributed by atoms with Crippen LogP contribution in [0.1, 0.15) is 35.7 Å². The summed E-state index contributed by atoms with van der Waals surface area (Å²) in [6.07, 6.45) is 1.61. The van der Waals surface area contributed by atoms with Gasteiger partial charge in [-0.15, -0.1) is 0 Å². The van der Waals surface area contributed by atoms with Crippen LogP contribution in [0, 0.1) is 17.2 Å². The van der Waals surface area contributed by atoms with Crippen molar-refractivity contribution in [3.8, 4) is 6.07 Å². The largest absolute Gasteiger partial charge is 0.396 e. The standard InChI is InChI=1S/C14H18N2O2/c1-2-11(6-7-17)10-16-14(18)13-5-3-4-12(8-13)9-15/h3-5,8,11,17H,2,6-7,10H2,1H3,(H,16,18). The highest BCUT2D eigenvalue weighted by atomic mass is 16.3. The van der Waals surface area contributed by atoms with Gasteiger partial charge in [-0.05, 0) is 30.5 Å². The van der Waals surface area contributed by atoms with Gasteiger partial charge in [-0.1, -0.05) is 19.4 Å². The van der Waals surface area contributed by atoms with Gasteiger partial charge < -0.3 is 10.4 Å². The van der Waals surface area contributed by atoms with Crippen molar-refractivity contribution in [2.75, 3.05) is 13.2 Å². The van der Waals surface area contributed by atoms with E-state index in [1.807, 2.05) is 13.0 Å². The molecule has 0 saturated carbocycles. The third-order valence-corrected chi connectivity index (χ3v) is 2.92. The number of carbonyl (C=O) groups is 1. The van der Waals surface area contributed by atoms with Crippen LogP contribution in [0.3, 0.4) is 0 Å². The van der Waals surface area contributed by atoms with E-state index in [1.165, 1.54) is 0 Å². The number of amides is 1. The van der Waals surface area contributed by atoms with Crippen LogP contribution < -0.4 is 5.32 Å². The summed E-state index contributed by atoms with van der Waals surface area (Å²) in [6, 6.07) is 8.62. The van der Waals surface area contributed by atoms with Crippen LogP contribution in [0.15, 0.2) is 24.3 Å². The average Bonchev–Trinajstić information content (AvgIpc) is 2.43. The van der Waals surface area contributed by atoms with Gasteiger partial charge in [-0.25, -0.2) is 0 Å². The molecule has 0 heterocycles. The number of nitrogens with zero attached hydrogens (tertiary/aromatic N) is 1. The molecule has 4 nitrogen and oxygen atoms in total. The summed E-state index contributed by atoms with van der Waals surface area (Å²) < 4.78 is 0. The molecule has 0 aliphatic carbocycles. The Labute approximate surface area is 107 Å². The second kappa shape index (κ2) is 7.46. The zero-order valence-corrected chi connectivity index (χ0v) is 10.5. The van der Waals surface area contributed by atoms with Gasteiger partial charge in [-0.3, -0.25) is 4.79 Å². The number of aliphatic hydroxyl groups excluding tert-OH is 1. The molecule has 0 fully saturated rings. The summed E-state index contributed by atoms with van der Waals surface area (Å²) in [5.41, 5.74) is 0.970. The second-order valence-electron chi connectivity index (χ2n) is 4.19. The van der Waals surface area contributed by atoms with Crippen LogP contribution in [0.4, 0.5) is 0 Å². The normalized spacial score (nSPS) is 11.6. The molecule has 4 heteroatoms. The molecule has 1 unspecified atom stereocenters. The average molecular weight is 246 g/mol. The van der Waals surface area contributed by atoms with Crippen LogP contribution in [-0.4, -0.2) is 24.2 Å². The van der Waals surface area contributed by atoms with Crippen molar-refractivity contribution in [1.82, 2.24) is 5.32 Å². The number of hydrogen-bond acceptors (Lipinski definition) is 3. The zero-order chi connectivity index (χ0) is 13.4. The van der Waals surface area contributed by atoms with Gasteiger partial charge in [0.05, 0.1) is 11.6 Å². The van der Waals surface area contributed by atoms with Crippen molar-refractivity contribution in [2.24, 2.45) is 5.92 Å². The van der Waals surface area contributed by atoms with E-state index in [0.29, 0.717) is 24.1 Å². The number of nitriles is 1. The fourth-order valence-electron chi connectivity index (χ4n) is 1.70. The number of nitrogens with one attached hydrogen (secondary N) is 1. The zero-order valence-electron chi connectivity index (χ0n) is 10.5. The lowest BCUT2D eigenvalue weighted by molar-refractivity contribution is 0.0943. The van der Waals surface area contributed by atoms with Crippen LogP contribution in [0.2, 0.25) is 0 Å². The lowest BCUT2D eigenvalue weighted by Crippen LogP contribution is -2.29. The van der Waals surface area contributed by atoms with E-state index in [-0.39, 0.29) is 18.4 Å². The Balaban J connectivity index is 2.57. The molecular formula is C14H18N2O2. The molecule has 0 aliphatic heterocycles. The maximum atomic E-state index is 11.9. The molecule has 1 atom stereocenters. The van der Waals surface area contributed by atoms with Gasteiger partial charge in [0.1, 0.15) is 0 Å². The number of hydrogen-bond donors (Lipinski definition) is 2. The smallest absolute Gasteiger partial charge is 0.251 e. The molecule has 1 aromatic rings. The SMILES string of the molecule is CCC(CCO)CNC(=O)c1cccc(C#N)c1. The minimum atomic E-state index is -0.177. The highest BCUT2D eigenvalue weighted by Gasteiger charge is 2.10. The summed E-state index contributed by atoms with van der Waals surface area (Å²) in [4.78, 5) is 11.9. The Bertz CT molecular complexity index is 438. The summed E-state index contributed by atoms with van der Waals surface area (Å²) in [5.74, 6) is 0.113. The molecule has 1 aromatic carbocycles. The monoisotopic (exact) mass is 246 g/mol. The van der Waals surface area contributed by atoms with Crippen molar-refractivity contribution < 1.29 is 9.90 Å². The summed E-state index contributed by atoms with van der Waals surface area (Å²) in [6.45, 7) is 2.72. The van der Waals surface area contributed by atoms with Crippen LogP contribution in [-0.2, 0) is 0 Å². The molecule has 0 aromatic heterocycles. The van der Waals surface area contributed by atoms with Crippen LogP contribution in [0.5, 0.6) is 0 Å². The third-order valence-electron chi connectivity index (χ3n) is 2.92. The molecule has 2 N–H and O–H groups in total. The Morgan fingerprint density at radius 3 is 2.94 bits per heavy atom. The molecular weight excluding hydrogens is 228 g/mol. The lowest BCUT2D eigenvalue weighted by atomic mass is 10.0. The molecule has 0 saturated heterocycles. The predicted octanol–water partition coefficient (Wildman–Crippen LogP) is 1.70. The summed E-state index contributed by atoms with van der Waals surface area (Å²) >= 11 is 0. The Kier molecular flexibility index (Phi) is 5.89. The molecule has 18 heavy (non-hydrogen) atoms. The van der Waals surface area contributed by atoms with Crippen molar-refractivity contribution >= 4 is 5.91 Å². The van der Waals surface area contributed by atoms with E-state index in [0.717, 1.165) is 6.42 Å². The van der Waals surface area contributed by atoms with Gasteiger partial charge in [0.2, 0.25) is 0 Å². The highest BCUT2D eigenvalue weighted by molar-refractivity contribution is 5.94. The van der Waals surface area contributed by atoms with Crippen LogP contribution in [0.25, 0.3) is 0 Å². The van der Waals surface area contributed by atoms with E-state index in [2.05, 4.69) is 5.32 Å². The number of rotatable bonds is 6. The quantitative estimate of drug-likeness (QED) is 0.802. The highest BCUT2D eigenvalue weighted by Crippen LogP contribution is 2.07. The van der Waals surface area contributed by atoms with Crippen molar-refractivity contribution in [3.05, 3.63) is 35.4 Å². The topological polar surface area (TPSA) is 73.1 Å². The molecule has 1 rings (SSSR count). The van der Waals surface area contributed by atoms with Gasteiger partial charge >= 0.3 is 0 Å². The first-order valence-corrected chi connectivity index (χ1v) is 6.10. The Morgan fingerprint density at radius 2 is 2.33 bits per heavy atom. The number of aliphatic hydroxyl groups is 1. The van der Waals surface area contributed by atoms with Crippen molar-refractivity contribution in [2.45, 2.75) is 19.8 Å². The van der Waals surface area contributed by atoms with Gasteiger partial charge in [0, 0.05) is 18.7 Å². The lowest BCUT2D eigenvalue weighted by Gasteiger charge is -2.14. The van der Waals surface area contributed by atoms with Gasteiger partial charge in [0.15, 0.2) is 0 Å². The van der Waals surface area contributed by atoms with Gasteiger partial charge in [-0.2, -0.15) is 5.26 Å². The minimum Gasteiger partial charge on any atom is -0.396 e. The summed E-state index contributed by atoms with van der Waals surface area (Å²) in [7, 11) is 0. The molecule has 0 aliphatic rings. The first-order chi connectivity index (χ1) is 8.71. The summed E-state index contributed by atoms with van der Waals surface area (Å²) in [5, 5.41) is 20.5. The van der Waals surface area contributed by atoms with Crippen LogP contribution >= 0.6 is 0 Å². The minimum absolute atomic E-state index is 0.137. The molecule has 0 radical (unpaired) electrons. The number of carbonyl (C=O) groups excluding carboxylic acids is 1. The molecule has 1 amide bonds. The Hall–Kier alpha value is -1.86. The fourth-order valence-corrected chi connectivity index (χ4v) is 1.70. The second-order valence-corrected chi connectivity index (χ2v) is 4.19. The number of benzene rings is 1. The predicted molar refractivity (Wildman–Crippen MR) is 69.0 cm³/mol. The van der Waals surface area contributed by atoms with E-state index in [9.17, 15) is 4.79 Å². The Morgan fingerprint density at radius 1 is 1.56 bits per heavy atom. The van der Waals surface area contributed by atoms with Gasteiger partial charge in [0.25, 0.3) is 5.91 Å². The molecule has 0 bridgehead atoms. The maximum absolute atomic E-state index is 11.9. The van der Waals surface area contributed by atoms with E-state index in [4.69, 9.17) is 10.4 Å². The van der Waals surface area contributed by atoms with Crippen molar-refractivity contribution in [1.29, 1.82) is 5.26 Å². The van der Waals surface area contributed by atoms with E-state index >= 15 is 0 Å².